The molecule has 0 amide bonds. The average Bonchev–Trinajstić information content (AvgIpc) is 2.86. The molecule has 5 nitrogen and oxygen atoms in total. The second-order valence-electron chi connectivity index (χ2n) is 5.65. The van der Waals surface area contributed by atoms with Crippen LogP contribution in [0.3, 0.4) is 0 Å². The van der Waals surface area contributed by atoms with Crippen LogP contribution in [0.2, 0.25) is 0 Å². The Morgan fingerprint density at radius 3 is 2.19 bits per heavy atom. The van der Waals surface area contributed by atoms with Crippen molar-refractivity contribution in [3.63, 3.8) is 0 Å². The summed E-state index contributed by atoms with van der Waals surface area (Å²) in [6.45, 7) is 4.94. The number of ether oxygens (including phenoxy) is 3. The molecule has 1 aromatic rings. The molecule has 5 heteroatoms. The molecule has 1 aromatic carbocycles. The summed E-state index contributed by atoms with van der Waals surface area (Å²) in [5.41, 5.74) is 6.96. The van der Waals surface area contributed by atoms with Gasteiger partial charge in [0.1, 0.15) is 0 Å². The van der Waals surface area contributed by atoms with Crippen LogP contribution in [0, 0.1) is 5.92 Å². The maximum atomic E-state index is 5.80. The van der Waals surface area contributed by atoms with Crippen LogP contribution in [0.15, 0.2) is 12.1 Å². The second-order valence-corrected chi connectivity index (χ2v) is 5.65. The number of nitrogens with zero attached hydrogens (tertiary/aromatic N) is 1. The van der Waals surface area contributed by atoms with Gasteiger partial charge in [-0.1, -0.05) is 0 Å². The number of methoxy groups -OCH3 is 3. The Labute approximate surface area is 127 Å². The average molecular weight is 294 g/mol. The summed E-state index contributed by atoms with van der Waals surface area (Å²) in [6, 6.07) is 4.59. The molecule has 0 bridgehead atoms. The van der Waals surface area contributed by atoms with Gasteiger partial charge in [0.15, 0.2) is 11.5 Å². The van der Waals surface area contributed by atoms with E-state index >= 15 is 0 Å². The highest BCUT2D eigenvalue weighted by Gasteiger charge is 2.28. The number of hydrogen-bond acceptors (Lipinski definition) is 5. The van der Waals surface area contributed by atoms with Crippen molar-refractivity contribution in [1.29, 1.82) is 0 Å². The molecule has 1 fully saturated rings. The van der Waals surface area contributed by atoms with Crippen molar-refractivity contribution < 1.29 is 14.2 Å². The molecule has 0 spiro atoms. The lowest BCUT2D eigenvalue weighted by atomic mass is 10.1. The fourth-order valence-corrected chi connectivity index (χ4v) is 3.07. The van der Waals surface area contributed by atoms with Crippen molar-refractivity contribution in [2.75, 3.05) is 34.4 Å². The van der Waals surface area contributed by atoms with E-state index in [2.05, 4.69) is 11.8 Å². The largest absolute Gasteiger partial charge is 0.493 e. The molecule has 21 heavy (non-hydrogen) atoms. The molecular weight excluding hydrogens is 268 g/mol. The first-order valence-corrected chi connectivity index (χ1v) is 7.35. The first-order valence-electron chi connectivity index (χ1n) is 7.35. The highest BCUT2D eigenvalue weighted by molar-refractivity contribution is 5.53. The molecule has 2 unspecified atom stereocenters. The third-order valence-corrected chi connectivity index (χ3v) is 4.23. The van der Waals surface area contributed by atoms with Gasteiger partial charge in [-0.15, -0.1) is 0 Å². The van der Waals surface area contributed by atoms with Crippen molar-refractivity contribution >= 4 is 0 Å². The minimum Gasteiger partial charge on any atom is -0.493 e. The van der Waals surface area contributed by atoms with Gasteiger partial charge in [0.05, 0.1) is 21.3 Å². The lowest BCUT2D eigenvalue weighted by molar-refractivity contribution is 0.254. The maximum Gasteiger partial charge on any atom is 0.203 e. The minimum atomic E-state index is 0.553. The number of nitrogens with two attached hydrogens (primary N) is 1. The Kier molecular flexibility index (Phi) is 5.31. The summed E-state index contributed by atoms with van der Waals surface area (Å²) in [5.74, 6) is 2.64. The molecule has 118 valence electrons. The Balaban J connectivity index is 2.20. The number of rotatable bonds is 6. The van der Waals surface area contributed by atoms with E-state index in [0.29, 0.717) is 29.2 Å². The van der Waals surface area contributed by atoms with Crippen molar-refractivity contribution in [3.05, 3.63) is 17.7 Å². The fourth-order valence-electron chi connectivity index (χ4n) is 3.07. The van der Waals surface area contributed by atoms with Gasteiger partial charge in [0, 0.05) is 19.1 Å². The third kappa shape index (κ3) is 3.41. The van der Waals surface area contributed by atoms with Gasteiger partial charge in [0.25, 0.3) is 0 Å². The molecular formula is C16H26N2O3. The molecule has 1 saturated heterocycles. The molecule has 0 saturated carbocycles. The SMILES string of the molecule is COc1cc(CN2CC(CN)CC2C)cc(OC)c1OC. The zero-order chi connectivity index (χ0) is 15.4. The van der Waals surface area contributed by atoms with Crippen molar-refractivity contribution in [2.45, 2.75) is 25.9 Å². The van der Waals surface area contributed by atoms with Crippen LogP contribution in [0.25, 0.3) is 0 Å². The van der Waals surface area contributed by atoms with E-state index in [9.17, 15) is 0 Å². The summed E-state index contributed by atoms with van der Waals surface area (Å²) >= 11 is 0. The standard InChI is InChI=1S/C16H26N2O3/c1-11-5-13(8-17)10-18(11)9-12-6-14(19-2)16(21-4)15(7-12)20-3/h6-7,11,13H,5,8-10,17H2,1-4H3. The zero-order valence-corrected chi connectivity index (χ0v) is 13.4. The molecule has 1 heterocycles. The number of benzene rings is 1. The smallest absolute Gasteiger partial charge is 0.203 e. The zero-order valence-electron chi connectivity index (χ0n) is 13.4. The van der Waals surface area contributed by atoms with E-state index in [1.54, 1.807) is 21.3 Å². The van der Waals surface area contributed by atoms with Gasteiger partial charge < -0.3 is 19.9 Å². The van der Waals surface area contributed by atoms with E-state index < -0.39 is 0 Å². The normalized spacial score (nSPS) is 22.3. The van der Waals surface area contributed by atoms with Crippen LogP contribution in [0.5, 0.6) is 17.2 Å². The van der Waals surface area contributed by atoms with Crippen LogP contribution in [-0.2, 0) is 6.54 Å². The number of hydrogen-bond donors (Lipinski definition) is 1. The van der Waals surface area contributed by atoms with Crippen LogP contribution in [-0.4, -0.2) is 45.4 Å². The quantitative estimate of drug-likeness (QED) is 0.868. The summed E-state index contributed by atoms with van der Waals surface area (Å²) in [4.78, 5) is 2.46. The molecule has 0 aliphatic carbocycles. The Hall–Kier alpha value is -1.46. The lowest BCUT2D eigenvalue weighted by Gasteiger charge is -2.22. The molecule has 2 atom stereocenters. The van der Waals surface area contributed by atoms with E-state index in [4.69, 9.17) is 19.9 Å². The highest BCUT2D eigenvalue weighted by atomic mass is 16.5. The Morgan fingerprint density at radius 1 is 1.14 bits per heavy atom. The van der Waals surface area contributed by atoms with Gasteiger partial charge in [-0.25, -0.2) is 0 Å². The van der Waals surface area contributed by atoms with E-state index in [1.165, 1.54) is 6.42 Å². The maximum absolute atomic E-state index is 5.80. The van der Waals surface area contributed by atoms with E-state index in [0.717, 1.165) is 25.2 Å². The highest BCUT2D eigenvalue weighted by Crippen LogP contribution is 2.39. The van der Waals surface area contributed by atoms with Crippen LogP contribution in [0.4, 0.5) is 0 Å². The summed E-state index contributed by atoms with van der Waals surface area (Å²) in [7, 11) is 4.91. The van der Waals surface area contributed by atoms with Crippen LogP contribution in [0.1, 0.15) is 18.9 Å². The van der Waals surface area contributed by atoms with Gasteiger partial charge in [-0.2, -0.15) is 0 Å². The monoisotopic (exact) mass is 294 g/mol. The van der Waals surface area contributed by atoms with Gasteiger partial charge in [-0.05, 0) is 43.5 Å². The number of likely N-dealkylation sites (tertiary alicyclic amines) is 1. The van der Waals surface area contributed by atoms with Gasteiger partial charge in [-0.3, -0.25) is 4.90 Å². The van der Waals surface area contributed by atoms with Crippen LogP contribution < -0.4 is 19.9 Å². The first-order chi connectivity index (χ1) is 10.1. The topological polar surface area (TPSA) is 57.0 Å². The van der Waals surface area contributed by atoms with Crippen molar-refractivity contribution in [3.8, 4) is 17.2 Å². The Bertz CT molecular complexity index is 454. The molecule has 0 radical (unpaired) electrons. The molecule has 1 aliphatic rings. The van der Waals surface area contributed by atoms with Gasteiger partial charge in [0.2, 0.25) is 5.75 Å². The third-order valence-electron chi connectivity index (χ3n) is 4.23. The van der Waals surface area contributed by atoms with E-state index in [-0.39, 0.29) is 0 Å². The minimum absolute atomic E-state index is 0.553. The second kappa shape index (κ2) is 7.00. The molecule has 1 aliphatic heterocycles. The lowest BCUT2D eigenvalue weighted by Crippen LogP contribution is -2.27. The van der Waals surface area contributed by atoms with Crippen molar-refractivity contribution in [2.24, 2.45) is 11.7 Å². The first kappa shape index (κ1) is 15.9. The Morgan fingerprint density at radius 2 is 1.76 bits per heavy atom. The van der Waals surface area contributed by atoms with Gasteiger partial charge >= 0.3 is 0 Å². The summed E-state index contributed by atoms with van der Waals surface area (Å²) < 4.78 is 16.2. The fraction of sp³-hybridized carbons (Fsp3) is 0.625. The predicted octanol–water partition coefficient (Wildman–Crippen LogP) is 1.88. The molecule has 0 aromatic heterocycles. The molecule has 2 N–H and O–H groups in total. The van der Waals surface area contributed by atoms with E-state index in [1.807, 2.05) is 12.1 Å². The summed E-state index contributed by atoms with van der Waals surface area (Å²) in [5, 5.41) is 0. The predicted molar refractivity (Wildman–Crippen MR) is 83.1 cm³/mol. The van der Waals surface area contributed by atoms with Crippen LogP contribution >= 0.6 is 0 Å². The van der Waals surface area contributed by atoms with Crippen molar-refractivity contribution in [1.82, 2.24) is 4.90 Å². The summed E-state index contributed by atoms with van der Waals surface area (Å²) in [6.07, 6.45) is 1.17. The molecule has 2 rings (SSSR count).